The molecule has 0 N–H and O–H groups in total. The van der Waals surface area contributed by atoms with Gasteiger partial charge in [0, 0.05) is 10.7 Å². The van der Waals surface area contributed by atoms with Gasteiger partial charge >= 0.3 is 5.97 Å². The van der Waals surface area contributed by atoms with E-state index in [0.29, 0.717) is 11.4 Å². The fourth-order valence-electron chi connectivity index (χ4n) is 2.86. The minimum absolute atomic E-state index is 0.0731. The molecule has 0 radical (unpaired) electrons. The number of thiol groups is 1. The zero-order valence-electron chi connectivity index (χ0n) is 16.4. The number of hydrogen-bond donors (Lipinski definition) is 1. The van der Waals surface area contributed by atoms with Crippen LogP contribution in [0.3, 0.4) is 0 Å². The van der Waals surface area contributed by atoms with E-state index >= 15 is 0 Å². The second-order valence-corrected chi connectivity index (χ2v) is 14.4. The fourth-order valence-corrected chi connectivity index (χ4v) is 6.12. The van der Waals surface area contributed by atoms with Gasteiger partial charge in [-0.3, -0.25) is 9.69 Å². The SMILES string of the molecule is C=CCOC(=O)C1=C(CS)SC2[C@@H]([C@@H](C)O[Si](C)(C)C(C)(C)C)C(=O)N12. The van der Waals surface area contributed by atoms with E-state index in [1.165, 1.54) is 17.8 Å². The van der Waals surface area contributed by atoms with E-state index < -0.39 is 14.3 Å². The summed E-state index contributed by atoms with van der Waals surface area (Å²) in [6.45, 7) is 16.5. The number of fused-ring (bicyclic) bond motifs is 1. The maximum Gasteiger partial charge on any atom is 0.356 e. The number of esters is 1. The Morgan fingerprint density at radius 3 is 2.58 bits per heavy atom. The fraction of sp³-hybridized carbons (Fsp3) is 0.667. The topological polar surface area (TPSA) is 55.8 Å². The normalized spacial score (nSPS) is 24.3. The molecule has 3 atom stereocenters. The van der Waals surface area contributed by atoms with Crippen molar-refractivity contribution in [2.75, 3.05) is 12.4 Å². The first-order chi connectivity index (χ1) is 12.0. The molecule has 5 nitrogen and oxygen atoms in total. The van der Waals surface area contributed by atoms with E-state index in [4.69, 9.17) is 9.16 Å². The lowest BCUT2D eigenvalue weighted by atomic mass is 9.92. The van der Waals surface area contributed by atoms with Crippen molar-refractivity contribution < 1.29 is 18.8 Å². The Bertz CT molecular complexity index is 642. The molecule has 2 aliphatic rings. The van der Waals surface area contributed by atoms with Gasteiger partial charge in [-0.1, -0.05) is 33.4 Å². The summed E-state index contributed by atoms with van der Waals surface area (Å²) >= 11 is 5.84. The van der Waals surface area contributed by atoms with Gasteiger partial charge in [0.2, 0.25) is 5.91 Å². The van der Waals surface area contributed by atoms with Crippen molar-refractivity contribution in [3.8, 4) is 0 Å². The number of ether oxygens (including phenoxy) is 1. The van der Waals surface area contributed by atoms with Crippen molar-refractivity contribution in [1.29, 1.82) is 0 Å². The Labute approximate surface area is 167 Å². The van der Waals surface area contributed by atoms with E-state index in [1.807, 2.05) is 6.92 Å². The van der Waals surface area contributed by atoms with Crippen LogP contribution in [0.4, 0.5) is 0 Å². The van der Waals surface area contributed by atoms with Crippen LogP contribution in [-0.4, -0.2) is 48.9 Å². The monoisotopic (exact) mass is 415 g/mol. The highest BCUT2D eigenvalue weighted by molar-refractivity contribution is 8.04. The number of thioether (sulfide) groups is 1. The molecule has 0 aromatic rings. The van der Waals surface area contributed by atoms with Gasteiger partial charge < -0.3 is 9.16 Å². The maximum atomic E-state index is 12.8. The van der Waals surface area contributed by atoms with Crippen LogP contribution in [0.5, 0.6) is 0 Å². The largest absolute Gasteiger partial charge is 0.457 e. The molecule has 1 fully saturated rings. The van der Waals surface area contributed by atoms with Crippen LogP contribution in [0.1, 0.15) is 27.7 Å². The van der Waals surface area contributed by atoms with Gasteiger partial charge in [0.15, 0.2) is 8.32 Å². The van der Waals surface area contributed by atoms with E-state index in [2.05, 4.69) is 53.1 Å². The highest BCUT2D eigenvalue weighted by Crippen LogP contribution is 2.52. The Morgan fingerprint density at radius 1 is 1.46 bits per heavy atom. The highest BCUT2D eigenvalue weighted by atomic mass is 32.2. The standard InChI is InChI=1S/C18H29NO4S2Si/c1-8-9-22-17(21)14-12(10-24)25-16-13(15(20)19(14)16)11(2)23-26(6,7)18(3,4)5/h8,11,13,16,24H,1,9-10H2,2-7H3/t11-,13+,16?/m1/s1. The molecule has 2 heterocycles. The van der Waals surface area contributed by atoms with Crippen molar-refractivity contribution in [2.24, 2.45) is 5.92 Å². The van der Waals surface area contributed by atoms with Crippen LogP contribution in [-0.2, 0) is 18.8 Å². The van der Waals surface area contributed by atoms with Gasteiger partial charge in [0.25, 0.3) is 0 Å². The van der Waals surface area contributed by atoms with Gasteiger partial charge in [-0.15, -0.1) is 11.8 Å². The zero-order valence-corrected chi connectivity index (χ0v) is 19.1. The quantitative estimate of drug-likeness (QED) is 0.225. The zero-order chi connectivity index (χ0) is 19.9. The van der Waals surface area contributed by atoms with Gasteiger partial charge in [-0.25, -0.2) is 4.79 Å². The second-order valence-electron chi connectivity index (χ2n) is 8.14. The molecule has 0 bridgehead atoms. The number of hydrogen-bond acceptors (Lipinski definition) is 6. The summed E-state index contributed by atoms with van der Waals surface area (Å²) in [7, 11) is -1.98. The average Bonchev–Trinajstić information content (AvgIpc) is 2.85. The van der Waals surface area contributed by atoms with Crippen molar-refractivity contribution in [2.45, 2.75) is 57.3 Å². The molecule has 1 amide bonds. The maximum absolute atomic E-state index is 12.8. The van der Waals surface area contributed by atoms with Crippen LogP contribution in [0.2, 0.25) is 18.1 Å². The van der Waals surface area contributed by atoms with Crippen LogP contribution in [0.25, 0.3) is 0 Å². The molecule has 0 aromatic heterocycles. The van der Waals surface area contributed by atoms with Crippen LogP contribution >= 0.6 is 24.4 Å². The molecule has 1 unspecified atom stereocenters. The van der Waals surface area contributed by atoms with Gasteiger partial charge in [0.05, 0.1) is 12.0 Å². The average molecular weight is 416 g/mol. The number of rotatable bonds is 7. The number of amides is 1. The van der Waals surface area contributed by atoms with Crippen molar-refractivity contribution in [3.05, 3.63) is 23.3 Å². The molecular weight excluding hydrogens is 386 g/mol. The molecular formula is C18H29NO4S2Si. The van der Waals surface area contributed by atoms with Crippen LogP contribution < -0.4 is 0 Å². The first-order valence-electron chi connectivity index (χ1n) is 8.76. The molecule has 0 aliphatic carbocycles. The Balaban J connectivity index is 2.14. The lowest BCUT2D eigenvalue weighted by Gasteiger charge is -2.48. The predicted octanol–water partition coefficient (Wildman–Crippen LogP) is 3.80. The van der Waals surface area contributed by atoms with Gasteiger partial charge in [-0.2, -0.15) is 12.6 Å². The summed E-state index contributed by atoms with van der Waals surface area (Å²) in [6, 6.07) is 0. The summed E-state index contributed by atoms with van der Waals surface area (Å²) in [5, 5.41) is -0.0410. The number of carbonyl (C=O) groups excluding carboxylic acids is 2. The van der Waals surface area contributed by atoms with E-state index in [-0.39, 0.29) is 34.9 Å². The molecule has 8 heteroatoms. The lowest BCUT2D eigenvalue weighted by molar-refractivity contribution is -0.157. The van der Waals surface area contributed by atoms with Crippen LogP contribution in [0.15, 0.2) is 23.3 Å². The van der Waals surface area contributed by atoms with Crippen molar-refractivity contribution in [3.63, 3.8) is 0 Å². The van der Waals surface area contributed by atoms with Gasteiger partial charge in [-0.05, 0) is 25.1 Å². The summed E-state index contributed by atoms with van der Waals surface area (Å²) < 4.78 is 11.6. The molecule has 2 rings (SSSR count). The summed E-state index contributed by atoms with van der Waals surface area (Å²) in [5.41, 5.74) is 0.331. The third-order valence-corrected chi connectivity index (χ3v) is 11.8. The third kappa shape index (κ3) is 3.79. The molecule has 0 saturated carbocycles. The second kappa shape index (κ2) is 7.73. The van der Waals surface area contributed by atoms with E-state index in [9.17, 15) is 9.59 Å². The smallest absolute Gasteiger partial charge is 0.356 e. The first kappa shape index (κ1) is 21.6. The minimum Gasteiger partial charge on any atom is -0.457 e. The van der Waals surface area contributed by atoms with E-state index in [0.717, 1.165) is 4.91 Å². The predicted molar refractivity (Wildman–Crippen MR) is 111 cm³/mol. The molecule has 26 heavy (non-hydrogen) atoms. The summed E-state index contributed by atoms with van der Waals surface area (Å²) in [4.78, 5) is 27.5. The van der Waals surface area contributed by atoms with Crippen LogP contribution in [0, 0.1) is 5.92 Å². The number of nitrogens with zero attached hydrogens (tertiary/aromatic N) is 1. The Morgan fingerprint density at radius 2 is 2.08 bits per heavy atom. The number of carbonyl (C=O) groups is 2. The van der Waals surface area contributed by atoms with Gasteiger partial charge in [0.1, 0.15) is 17.7 Å². The molecule has 2 aliphatic heterocycles. The van der Waals surface area contributed by atoms with E-state index in [1.54, 1.807) is 4.90 Å². The minimum atomic E-state index is -1.98. The van der Waals surface area contributed by atoms with Crippen molar-refractivity contribution >= 4 is 44.6 Å². The molecule has 0 aromatic carbocycles. The number of β-lactam (4-membered cyclic amide) rings is 1. The Hall–Kier alpha value is -0.703. The third-order valence-electron chi connectivity index (χ3n) is 5.31. The highest BCUT2D eigenvalue weighted by Gasteiger charge is 2.58. The molecule has 146 valence electrons. The first-order valence-corrected chi connectivity index (χ1v) is 13.2. The Kier molecular flexibility index (Phi) is 6.42. The summed E-state index contributed by atoms with van der Waals surface area (Å²) in [6.07, 6.45) is 1.32. The molecule has 1 saturated heterocycles. The van der Waals surface area contributed by atoms with Crippen molar-refractivity contribution in [1.82, 2.24) is 4.90 Å². The lowest BCUT2D eigenvalue weighted by Crippen LogP contribution is -2.62. The molecule has 0 spiro atoms. The summed E-state index contributed by atoms with van der Waals surface area (Å²) in [5.74, 6) is -0.424.